The third-order valence-electron chi connectivity index (χ3n) is 2.62. The van der Waals surface area contributed by atoms with Crippen LogP contribution in [0.5, 0.6) is 5.88 Å². The number of rotatable bonds is 5. The molecule has 2 rings (SSSR count). The van der Waals surface area contributed by atoms with Crippen LogP contribution in [-0.4, -0.2) is 33.3 Å². The normalized spacial score (nSPS) is 10.3. The van der Waals surface area contributed by atoms with Crippen LogP contribution in [0.25, 0.3) is 11.4 Å². The SMILES string of the molecule is COc1cc(C)nc(-c2cc[n+](CCC(=O)O)nc2)n1. The first-order valence-corrected chi connectivity index (χ1v) is 6.06. The summed E-state index contributed by atoms with van der Waals surface area (Å²) >= 11 is 0. The van der Waals surface area contributed by atoms with E-state index >= 15 is 0 Å². The molecule has 0 aliphatic rings. The molecule has 7 nitrogen and oxygen atoms in total. The Hall–Kier alpha value is -2.57. The topological polar surface area (TPSA) is 89.1 Å². The largest absolute Gasteiger partial charge is 0.481 e. The molecule has 0 saturated carbocycles. The Kier molecular flexibility index (Phi) is 4.19. The van der Waals surface area contributed by atoms with Crippen molar-refractivity contribution in [2.45, 2.75) is 19.9 Å². The van der Waals surface area contributed by atoms with Gasteiger partial charge in [-0.05, 0) is 12.0 Å². The minimum absolute atomic E-state index is 0.0335. The molecule has 0 saturated heterocycles. The first kappa shape index (κ1) is 13.9. The van der Waals surface area contributed by atoms with E-state index in [1.807, 2.05) is 6.92 Å². The van der Waals surface area contributed by atoms with E-state index in [1.54, 1.807) is 36.3 Å². The number of ether oxygens (including phenoxy) is 1. The highest BCUT2D eigenvalue weighted by Crippen LogP contribution is 2.16. The number of aliphatic carboxylic acids is 1. The summed E-state index contributed by atoms with van der Waals surface area (Å²) in [6, 6.07) is 3.54. The molecular weight excluding hydrogens is 260 g/mol. The molecule has 0 atom stereocenters. The van der Waals surface area contributed by atoms with Crippen molar-refractivity contribution >= 4 is 5.97 Å². The van der Waals surface area contributed by atoms with E-state index in [0.29, 0.717) is 18.2 Å². The Morgan fingerprint density at radius 2 is 2.25 bits per heavy atom. The van der Waals surface area contributed by atoms with Crippen molar-refractivity contribution in [3.05, 3.63) is 30.2 Å². The van der Waals surface area contributed by atoms with E-state index in [4.69, 9.17) is 9.84 Å². The molecule has 0 spiro atoms. The van der Waals surface area contributed by atoms with Gasteiger partial charge in [-0.3, -0.25) is 4.79 Å². The number of aryl methyl sites for hydroxylation is 2. The van der Waals surface area contributed by atoms with Crippen LogP contribution in [0.3, 0.4) is 0 Å². The smallest absolute Gasteiger partial charge is 0.309 e. The molecule has 1 N–H and O–H groups in total. The molecule has 104 valence electrons. The van der Waals surface area contributed by atoms with Gasteiger partial charge in [0, 0.05) is 23.4 Å². The number of hydrogen-bond donors (Lipinski definition) is 1. The zero-order valence-electron chi connectivity index (χ0n) is 11.3. The van der Waals surface area contributed by atoms with Gasteiger partial charge in [0.2, 0.25) is 5.88 Å². The Balaban J connectivity index is 2.21. The van der Waals surface area contributed by atoms with Crippen LogP contribution in [0.1, 0.15) is 12.1 Å². The van der Waals surface area contributed by atoms with Crippen molar-refractivity contribution in [1.29, 1.82) is 0 Å². The molecule has 0 aliphatic heterocycles. The standard InChI is InChI=1S/C13H14N4O3/c1-9-7-11(20-2)16-13(15-9)10-3-5-17(14-8-10)6-4-12(18)19/h3,5,7-8H,4,6H2,1-2H3/p+1. The van der Waals surface area contributed by atoms with Gasteiger partial charge in [0.1, 0.15) is 12.6 Å². The van der Waals surface area contributed by atoms with Crippen molar-refractivity contribution in [1.82, 2.24) is 15.1 Å². The Morgan fingerprint density at radius 3 is 2.85 bits per heavy atom. The minimum Gasteiger partial charge on any atom is -0.481 e. The second kappa shape index (κ2) is 6.05. The number of methoxy groups -OCH3 is 1. The van der Waals surface area contributed by atoms with E-state index in [9.17, 15) is 4.79 Å². The molecule has 2 aromatic rings. The predicted octanol–water partition coefficient (Wildman–Crippen LogP) is 0.618. The highest BCUT2D eigenvalue weighted by Gasteiger charge is 2.10. The third-order valence-corrected chi connectivity index (χ3v) is 2.62. The van der Waals surface area contributed by atoms with Crippen molar-refractivity contribution in [3.63, 3.8) is 0 Å². The fraction of sp³-hybridized carbons (Fsp3) is 0.308. The Morgan fingerprint density at radius 1 is 1.45 bits per heavy atom. The van der Waals surface area contributed by atoms with E-state index in [-0.39, 0.29) is 6.42 Å². The van der Waals surface area contributed by atoms with Crippen LogP contribution in [0.15, 0.2) is 24.5 Å². The molecule has 0 aliphatic carbocycles. The first-order chi connectivity index (χ1) is 9.58. The van der Waals surface area contributed by atoms with Crippen LogP contribution in [-0.2, 0) is 11.3 Å². The monoisotopic (exact) mass is 275 g/mol. The van der Waals surface area contributed by atoms with E-state index in [2.05, 4.69) is 15.1 Å². The maximum absolute atomic E-state index is 10.5. The molecule has 7 heteroatoms. The van der Waals surface area contributed by atoms with Crippen LogP contribution in [0.4, 0.5) is 0 Å². The van der Waals surface area contributed by atoms with Crippen LogP contribution >= 0.6 is 0 Å². The Labute approximate surface area is 115 Å². The van der Waals surface area contributed by atoms with Gasteiger partial charge in [0.05, 0.1) is 7.11 Å². The van der Waals surface area contributed by atoms with Crippen molar-refractivity contribution in [2.24, 2.45) is 0 Å². The lowest BCUT2D eigenvalue weighted by atomic mass is 10.3. The van der Waals surface area contributed by atoms with Gasteiger partial charge < -0.3 is 9.84 Å². The predicted molar refractivity (Wildman–Crippen MR) is 69.0 cm³/mol. The summed E-state index contributed by atoms with van der Waals surface area (Å²) in [7, 11) is 1.55. The van der Waals surface area contributed by atoms with Crippen LogP contribution in [0, 0.1) is 6.92 Å². The van der Waals surface area contributed by atoms with Crippen molar-refractivity contribution in [3.8, 4) is 17.3 Å². The molecule has 0 unspecified atom stereocenters. The fourth-order valence-corrected chi connectivity index (χ4v) is 1.63. The van der Waals surface area contributed by atoms with Gasteiger partial charge in [-0.15, -0.1) is 0 Å². The summed E-state index contributed by atoms with van der Waals surface area (Å²) in [5.74, 6) is 0.171. The second-order valence-electron chi connectivity index (χ2n) is 4.20. The highest BCUT2D eigenvalue weighted by atomic mass is 16.5. The maximum Gasteiger partial charge on any atom is 0.309 e. The zero-order chi connectivity index (χ0) is 14.5. The Bertz CT molecular complexity index is 614. The first-order valence-electron chi connectivity index (χ1n) is 6.06. The molecule has 2 heterocycles. The summed E-state index contributed by atoms with van der Waals surface area (Å²) < 4.78 is 6.66. The fourth-order valence-electron chi connectivity index (χ4n) is 1.63. The molecule has 0 aromatic carbocycles. The number of carbonyl (C=O) groups is 1. The average molecular weight is 275 g/mol. The minimum atomic E-state index is -0.852. The molecule has 0 amide bonds. The molecule has 2 aromatic heterocycles. The average Bonchev–Trinajstić information content (AvgIpc) is 2.45. The van der Waals surface area contributed by atoms with E-state index in [1.165, 1.54) is 0 Å². The molecular formula is C13H15N4O3+. The van der Waals surface area contributed by atoms with Gasteiger partial charge in [-0.25, -0.2) is 4.98 Å². The van der Waals surface area contributed by atoms with Gasteiger partial charge in [-0.2, -0.15) is 4.98 Å². The summed E-state index contributed by atoms with van der Waals surface area (Å²) in [4.78, 5) is 19.1. The van der Waals surface area contributed by atoms with Gasteiger partial charge in [0.25, 0.3) is 0 Å². The summed E-state index contributed by atoms with van der Waals surface area (Å²) in [5, 5.41) is 12.8. The van der Waals surface area contributed by atoms with E-state index in [0.717, 1.165) is 11.3 Å². The number of nitrogens with zero attached hydrogens (tertiary/aromatic N) is 4. The van der Waals surface area contributed by atoms with Gasteiger partial charge in [-0.1, -0.05) is 4.68 Å². The molecule has 0 bridgehead atoms. The zero-order valence-corrected chi connectivity index (χ0v) is 11.3. The molecule has 0 radical (unpaired) electrons. The highest BCUT2D eigenvalue weighted by molar-refractivity contribution is 5.66. The van der Waals surface area contributed by atoms with Crippen molar-refractivity contribution < 1.29 is 19.3 Å². The maximum atomic E-state index is 10.5. The summed E-state index contributed by atoms with van der Waals surface area (Å²) in [6.45, 7) is 2.19. The quantitative estimate of drug-likeness (QED) is 0.804. The van der Waals surface area contributed by atoms with Crippen LogP contribution < -0.4 is 9.42 Å². The lowest BCUT2D eigenvalue weighted by Crippen LogP contribution is -2.38. The number of carboxylic acid groups (broad SMARTS) is 1. The molecule has 20 heavy (non-hydrogen) atoms. The second-order valence-corrected chi connectivity index (χ2v) is 4.20. The number of carboxylic acids is 1. The summed E-state index contributed by atoms with van der Waals surface area (Å²) in [5.41, 5.74) is 1.55. The van der Waals surface area contributed by atoms with E-state index < -0.39 is 5.97 Å². The number of hydrogen-bond acceptors (Lipinski definition) is 5. The summed E-state index contributed by atoms with van der Waals surface area (Å²) in [6.07, 6.45) is 3.35. The lowest BCUT2D eigenvalue weighted by Gasteiger charge is -2.03. The van der Waals surface area contributed by atoms with Gasteiger partial charge >= 0.3 is 5.97 Å². The van der Waals surface area contributed by atoms with Gasteiger partial charge in [0.15, 0.2) is 18.6 Å². The van der Waals surface area contributed by atoms with Crippen LogP contribution in [0.2, 0.25) is 0 Å². The number of aromatic nitrogens is 4. The lowest BCUT2D eigenvalue weighted by molar-refractivity contribution is -0.752. The molecule has 0 fully saturated rings. The van der Waals surface area contributed by atoms with Crippen molar-refractivity contribution in [2.75, 3.05) is 7.11 Å². The third kappa shape index (κ3) is 3.47.